The third-order valence-electron chi connectivity index (χ3n) is 2.26. The third-order valence-corrected chi connectivity index (χ3v) is 2.26. The number of alkyl halides is 3. The fraction of sp³-hybridized carbons (Fsp3) is 0.300. The molecule has 0 aliphatic carbocycles. The Hall–Kier alpha value is -1.96. The lowest BCUT2D eigenvalue weighted by Gasteiger charge is -2.01. The summed E-state index contributed by atoms with van der Waals surface area (Å²) < 4.78 is 38.6. The molecule has 0 unspecified atom stereocenters. The van der Waals surface area contributed by atoms with Crippen LogP contribution in [0.1, 0.15) is 11.4 Å². The second-order valence-electron chi connectivity index (χ2n) is 3.61. The number of imidazole rings is 1. The maximum absolute atomic E-state index is 12.5. The summed E-state index contributed by atoms with van der Waals surface area (Å²) in [5, 5.41) is 8.79. The molecule has 5 nitrogen and oxygen atoms in total. The van der Waals surface area contributed by atoms with E-state index in [1.54, 1.807) is 0 Å². The summed E-state index contributed by atoms with van der Waals surface area (Å²) in [4.78, 5) is 11.2. The van der Waals surface area contributed by atoms with Crippen LogP contribution in [0.3, 0.4) is 0 Å². The molecule has 1 N–H and O–H groups in total. The summed E-state index contributed by atoms with van der Waals surface area (Å²) >= 11 is 0. The van der Waals surface area contributed by atoms with E-state index in [1.807, 2.05) is 0 Å². The minimum absolute atomic E-state index is 0.0688. The summed E-state index contributed by atoms with van der Waals surface area (Å²) in [5.74, 6) is 0.0688. The Morgan fingerprint density at radius 2 is 2.00 bits per heavy atom. The second-order valence-corrected chi connectivity index (χ2v) is 3.61. The van der Waals surface area contributed by atoms with E-state index >= 15 is 0 Å². The van der Waals surface area contributed by atoms with Crippen molar-refractivity contribution in [2.45, 2.75) is 12.8 Å². The molecule has 2 aromatic heterocycles. The Morgan fingerprint density at radius 1 is 1.28 bits per heavy atom. The zero-order valence-corrected chi connectivity index (χ0v) is 9.31. The van der Waals surface area contributed by atoms with Crippen molar-refractivity contribution in [2.24, 2.45) is 7.05 Å². The van der Waals surface area contributed by atoms with E-state index in [4.69, 9.17) is 5.11 Å². The fourth-order valence-electron chi connectivity index (χ4n) is 1.39. The number of hydrogen-bond acceptors (Lipinski definition) is 4. The Kier molecular flexibility index (Phi) is 3.04. The number of halogens is 3. The van der Waals surface area contributed by atoms with Gasteiger partial charge in [0.05, 0.1) is 24.7 Å². The maximum atomic E-state index is 12.5. The van der Waals surface area contributed by atoms with E-state index < -0.39 is 11.9 Å². The number of nitrogens with zero attached hydrogens (tertiary/aromatic N) is 4. The van der Waals surface area contributed by atoms with Gasteiger partial charge in [0.15, 0.2) is 11.5 Å². The first-order chi connectivity index (χ1) is 8.41. The van der Waals surface area contributed by atoms with Crippen LogP contribution >= 0.6 is 0 Å². The van der Waals surface area contributed by atoms with E-state index in [1.165, 1.54) is 24.0 Å². The van der Waals surface area contributed by atoms with Crippen LogP contribution in [-0.4, -0.2) is 24.6 Å². The molecular formula is C10H9F3N4O. The van der Waals surface area contributed by atoms with Crippen molar-refractivity contribution >= 4 is 0 Å². The van der Waals surface area contributed by atoms with Gasteiger partial charge in [0.1, 0.15) is 5.69 Å². The summed E-state index contributed by atoms with van der Waals surface area (Å²) in [7, 11) is 1.44. The third kappa shape index (κ3) is 2.33. The number of aromatic nitrogens is 4. The molecule has 0 radical (unpaired) electrons. The summed E-state index contributed by atoms with van der Waals surface area (Å²) in [6.07, 6.45) is -1.04. The van der Waals surface area contributed by atoms with Crippen LogP contribution in [0.4, 0.5) is 13.2 Å². The lowest BCUT2D eigenvalue weighted by Crippen LogP contribution is -2.05. The van der Waals surface area contributed by atoms with E-state index in [9.17, 15) is 13.2 Å². The van der Waals surface area contributed by atoms with Crippen molar-refractivity contribution < 1.29 is 18.3 Å². The van der Waals surface area contributed by atoms with Gasteiger partial charge >= 0.3 is 6.18 Å². The van der Waals surface area contributed by atoms with Crippen LogP contribution in [0.2, 0.25) is 0 Å². The normalized spacial score (nSPS) is 11.8. The molecule has 0 saturated carbocycles. The molecule has 18 heavy (non-hydrogen) atoms. The van der Waals surface area contributed by atoms with E-state index in [2.05, 4.69) is 15.0 Å². The first kappa shape index (κ1) is 12.5. The minimum atomic E-state index is -4.49. The van der Waals surface area contributed by atoms with Gasteiger partial charge in [-0.1, -0.05) is 0 Å². The molecule has 0 amide bonds. The molecule has 2 rings (SSSR count). The first-order valence-corrected chi connectivity index (χ1v) is 4.94. The van der Waals surface area contributed by atoms with E-state index in [0.29, 0.717) is 5.69 Å². The number of aryl methyl sites for hydroxylation is 1. The van der Waals surface area contributed by atoms with E-state index in [0.717, 1.165) is 6.20 Å². The highest BCUT2D eigenvalue weighted by Gasteiger charge is 2.34. The quantitative estimate of drug-likeness (QED) is 0.884. The number of aliphatic hydroxyl groups excluding tert-OH is 1. The molecule has 0 fully saturated rings. The van der Waals surface area contributed by atoms with Crippen molar-refractivity contribution in [1.82, 2.24) is 19.5 Å². The Labute approximate surface area is 100.0 Å². The van der Waals surface area contributed by atoms with Gasteiger partial charge in [0.25, 0.3) is 0 Å². The average molecular weight is 258 g/mol. The minimum Gasteiger partial charge on any atom is -0.390 e. The van der Waals surface area contributed by atoms with Gasteiger partial charge in [0.2, 0.25) is 0 Å². The first-order valence-electron chi connectivity index (χ1n) is 4.94. The standard InChI is InChI=1S/C10H9F3N4O/c1-17-4-8(10(11,12)13)16-9(17)7-3-14-6(5-18)2-15-7/h2-4,18H,5H2,1H3. The summed E-state index contributed by atoms with van der Waals surface area (Å²) in [5.41, 5.74) is -0.428. The van der Waals surface area contributed by atoms with Crippen molar-refractivity contribution in [3.8, 4) is 11.5 Å². The molecule has 0 aliphatic heterocycles. The molecule has 0 atom stereocenters. The highest BCUT2D eigenvalue weighted by atomic mass is 19.4. The van der Waals surface area contributed by atoms with Gasteiger partial charge in [-0.2, -0.15) is 13.2 Å². The average Bonchev–Trinajstić information content (AvgIpc) is 2.71. The van der Waals surface area contributed by atoms with Crippen molar-refractivity contribution in [3.63, 3.8) is 0 Å². The van der Waals surface area contributed by atoms with Crippen LogP contribution in [0.15, 0.2) is 18.6 Å². The molecule has 8 heteroatoms. The Bertz CT molecular complexity index is 547. The molecule has 0 spiro atoms. The van der Waals surface area contributed by atoms with Gasteiger partial charge in [-0.05, 0) is 0 Å². The number of aliphatic hydroxyl groups is 1. The Morgan fingerprint density at radius 3 is 2.44 bits per heavy atom. The predicted molar refractivity (Wildman–Crippen MR) is 55.2 cm³/mol. The lowest BCUT2D eigenvalue weighted by molar-refractivity contribution is -0.140. The van der Waals surface area contributed by atoms with Crippen LogP contribution in [0.5, 0.6) is 0 Å². The van der Waals surface area contributed by atoms with Gasteiger partial charge < -0.3 is 9.67 Å². The van der Waals surface area contributed by atoms with Crippen LogP contribution in [0.25, 0.3) is 11.5 Å². The summed E-state index contributed by atoms with van der Waals surface area (Å²) in [6, 6.07) is 0. The van der Waals surface area contributed by atoms with Crippen molar-refractivity contribution in [2.75, 3.05) is 0 Å². The number of rotatable bonds is 2. The molecule has 0 saturated heterocycles. The molecule has 2 heterocycles. The Balaban J connectivity index is 2.41. The topological polar surface area (TPSA) is 63.8 Å². The molecular weight excluding hydrogens is 249 g/mol. The largest absolute Gasteiger partial charge is 0.434 e. The molecule has 0 aromatic carbocycles. The van der Waals surface area contributed by atoms with Gasteiger partial charge in [0, 0.05) is 13.2 Å². The van der Waals surface area contributed by atoms with Gasteiger partial charge in [-0.3, -0.25) is 4.98 Å². The van der Waals surface area contributed by atoms with Crippen molar-refractivity contribution in [1.29, 1.82) is 0 Å². The molecule has 96 valence electrons. The molecule has 0 bridgehead atoms. The van der Waals surface area contributed by atoms with Crippen LogP contribution in [0, 0.1) is 0 Å². The fourth-order valence-corrected chi connectivity index (χ4v) is 1.39. The SMILES string of the molecule is Cn1cc(C(F)(F)F)nc1-c1cnc(CO)cn1. The molecule has 2 aromatic rings. The smallest absolute Gasteiger partial charge is 0.390 e. The van der Waals surface area contributed by atoms with Crippen LogP contribution < -0.4 is 0 Å². The predicted octanol–water partition coefficient (Wildman–Crippen LogP) is 1.39. The van der Waals surface area contributed by atoms with Gasteiger partial charge in [-0.25, -0.2) is 9.97 Å². The maximum Gasteiger partial charge on any atom is 0.434 e. The lowest BCUT2D eigenvalue weighted by atomic mass is 10.4. The highest BCUT2D eigenvalue weighted by Crippen LogP contribution is 2.29. The molecule has 0 aliphatic rings. The summed E-state index contributed by atoms with van der Waals surface area (Å²) in [6.45, 7) is -0.276. The number of hydrogen-bond donors (Lipinski definition) is 1. The zero-order valence-electron chi connectivity index (χ0n) is 9.31. The van der Waals surface area contributed by atoms with E-state index in [-0.39, 0.29) is 18.1 Å². The van der Waals surface area contributed by atoms with Gasteiger partial charge in [-0.15, -0.1) is 0 Å². The van der Waals surface area contributed by atoms with Crippen molar-refractivity contribution in [3.05, 3.63) is 30.0 Å². The zero-order chi connectivity index (χ0) is 13.3. The monoisotopic (exact) mass is 258 g/mol. The highest BCUT2D eigenvalue weighted by molar-refractivity contribution is 5.48. The second kappa shape index (κ2) is 4.37. The van der Waals surface area contributed by atoms with Crippen LogP contribution in [-0.2, 0) is 19.8 Å².